The van der Waals surface area contributed by atoms with Gasteiger partial charge in [0.15, 0.2) is 0 Å². The van der Waals surface area contributed by atoms with E-state index in [4.69, 9.17) is 0 Å². The number of nitrogens with one attached hydrogen (secondary N) is 2. The molecule has 1 aliphatic rings. The van der Waals surface area contributed by atoms with Crippen molar-refractivity contribution < 1.29 is 8.42 Å². The molecule has 0 radical (unpaired) electrons. The number of thiophene rings is 1. The Morgan fingerprint density at radius 3 is 2.86 bits per heavy atom. The number of hydrogen-bond acceptors (Lipinski definition) is 6. The Labute approximate surface area is 132 Å². The van der Waals surface area contributed by atoms with Crippen molar-refractivity contribution in [2.24, 2.45) is 0 Å². The molecular weight excluding hydrogens is 326 g/mol. The van der Waals surface area contributed by atoms with Crippen LogP contribution in [0.4, 0.5) is 0 Å². The first-order valence-electron chi connectivity index (χ1n) is 6.78. The standard InChI is InChI=1S/C13H17N3O2S3/c1-9(13-14-5-7-20-13)16-21(17,18)12-4-6-19-11(12)8-15-10-2-3-10/h4-7,9-10,15-16H,2-3,8H2,1H3. The van der Waals surface area contributed by atoms with Gasteiger partial charge in [0.1, 0.15) is 5.01 Å². The van der Waals surface area contributed by atoms with Gasteiger partial charge in [0.25, 0.3) is 0 Å². The van der Waals surface area contributed by atoms with Crippen molar-refractivity contribution in [3.05, 3.63) is 32.9 Å². The van der Waals surface area contributed by atoms with Crippen molar-refractivity contribution in [1.82, 2.24) is 15.0 Å². The van der Waals surface area contributed by atoms with Gasteiger partial charge in [-0.05, 0) is 31.2 Å². The van der Waals surface area contributed by atoms with Crippen molar-refractivity contribution in [3.8, 4) is 0 Å². The van der Waals surface area contributed by atoms with Gasteiger partial charge in [0.2, 0.25) is 10.0 Å². The van der Waals surface area contributed by atoms with Crippen molar-refractivity contribution in [3.63, 3.8) is 0 Å². The fraction of sp³-hybridized carbons (Fsp3) is 0.462. The van der Waals surface area contributed by atoms with Crippen LogP contribution >= 0.6 is 22.7 Å². The van der Waals surface area contributed by atoms with Crippen molar-refractivity contribution in [1.29, 1.82) is 0 Å². The number of thiazole rings is 1. The zero-order chi connectivity index (χ0) is 14.9. The van der Waals surface area contributed by atoms with Gasteiger partial charge in [-0.3, -0.25) is 0 Å². The summed E-state index contributed by atoms with van der Waals surface area (Å²) in [4.78, 5) is 5.39. The molecule has 2 aromatic rings. The SMILES string of the molecule is CC(NS(=O)(=O)c1ccsc1CNC1CC1)c1nccs1. The smallest absolute Gasteiger partial charge is 0.242 e. The summed E-state index contributed by atoms with van der Waals surface area (Å²) in [6, 6.07) is 1.91. The molecule has 21 heavy (non-hydrogen) atoms. The summed E-state index contributed by atoms with van der Waals surface area (Å²) in [7, 11) is -3.51. The molecule has 1 unspecified atom stereocenters. The molecule has 2 heterocycles. The minimum Gasteiger partial charge on any atom is -0.309 e. The van der Waals surface area contributed by atoms with Gasteiger partial charge in [0, 0.05) is 29.0 Å². The molecule has 0 bridgehead atoms. The Kier molecular flexibility index (Phi) is 4.41. The quantitative estimate of drug-likeness (QED) is 0.810. The highest BCUT2D eigenvalue weighted by atomic mass is 32.2. The van der Waals surface area contributed by atoms with Crippen molar-refractivity contribution >= 4 is 32.7 Å². The van der Waals surface area contributed by atoms with E-state index in [2.05, 4.69) is 15.0 Å². The maximum Gasteiger partial charge on any atom is 0.242 e. The van der Waals surface area contributed by atoms with Crippen molar-refractivity contribution in [2.45, 2.75) is 43.3 Å². The van der Waals surface area contributed by atoms with E-state index in [-0.39, 0.29) is 6.04 Å². The Morgan fingerprint density at radius 2 is 2.19 bits per heavy atom. The van der Waals surface area contributed by atoms with E-state index in [1.54, 1.807) is 12.3 Å². The molecule has 1 atom stereocenters. The summed E-state index contributed by atoms with van der Waals surface area (Å²) in [6.45, 7) is 2.43. The third-order valence-electron chi connectivity index (χ3n) is 3.28. The topological polar surface area (TPSA) is 71.1 Å². The summed E-state index contributed by atoms with van der Waals surface area (Å²) in [6.07, 6.45) is 4.06. The van der Waals surface area contributed by atoms with Crippen LogP contribution in [-0.4, -0.2) is 19.4 Å². The molecular formula is C13H17N3O2S3. The van der Waals surface area contributed by atoms with Crippen molar-refractivity contribution in [2.75, 3.05) is 0 Å². The number of sulfonamides is 1. The van der Waals surface area contributed by atoms with Crippen LogP contribution < -0.4 is 10.0 Å². The van der Waals surface area contributed by atoms with Crippen LogP contribution in [0.1, 0.15) is 35.7 Å². The predicted octanol–water partition coefficient (Wildman–Crippen LogP) is 2.50. The van der Waals surface area contributed by atoms with E-state index < -0.39 is 10.0 Å². The minimum atomic E-state index is -3.51. The van der Waals surface area contributed by atoms with E-state index in [9.17, 15) is 8.42 Å². The van der Waals surface area contributed by atoms with E-state index in [1.807, 2.05) is 17.7 Å². The molecule has 3 rings (SSSR count). The number of rotatable bonds is 7. The lowest BCUT2D eigenvalue weighted by Gasteiger charge is -2.12. The average Bonchev–Trinajstić information content (AvgIpc) is 2.95. The van der Waals surface area contributed by atoms with E-state index in [0.717, 1.165) is 9.88 Å². The monoisotopic (exact) mass is 343 g/mol. The summed E-state index contributed by atoms with van der Waals surface area (Å²) in [5.74, 6) is 0. The average molecular weight is 343 g/mol. The van der Waals surface area contributed by atoms with E-state index in [0.29, 0.717) is 17.5 Å². The lowest BCUT2D eigenvalue weighted by Crippen LogP contribution is -2.28. The van der Waals surface area contributed by atoms with E-state index >= 15 is 0 Å². The molecule has 0 aromatic carbocycles. The van der Waals surface area contributed by atoms with Gasteiger partial charge >= 0.3 is 0 Å². The molecule has 1 saturated carbocycles. The summed E-state index contributed by atoms with van der Waals surface area (Å²) in [5, 5.41) is 7.80. The third-order valence-corrected chi connectivity index (χ3v) is 6.91. The fourth-order valence-corrected chi connectivity index (χ4v) is 5.34. The van der Waals surface area contributed by atoms with Gasteiger partial charge in [-0.2, -0.15) is 0 Å². The lowest BCUT2D eigenvalue weighted by atomic mass is 10.4. The molecule has 0 saturated heterocycles. The summed E-state index contributed by atoms with van der Waals surface area (Å²) in [5.41, 5.74) is 0. The third kappa shape index (κ3) is 3.70. The van der Waals surface area contributed by atoms with Crippen LogP contribution in [0, 0.1) is 0 Å². The van der Waals surface area contributed by atoms with Gasteiger partial charge in [0.05, 0.1) is 10.9 Å². The Hall–Kier alpha value is -0.800. The molecule has 8 heteroatoms. The molecule has 1 aliphatic carbocycles. The summed E-state index contributed by atoms with van der Waals surface area (Å²) < 4.78 is 27.8. The first kappa shape index (κ1) is 15.1. The van der Waals surface area contributed by atoms with Gasteiger partial charge in [-0.15, -0.1) is 22.7 Å². The highest BCUT2D eigenvalue weighted by Gasteiger charge is 2.25. The first-order valence-corrected chi connectivity index (χ1v) is 10.0. The molecule has 114 valence electrons. The normalized spacial score (nSPS) is 17.0. The molecule has 0 amide bonds. The van der Waals surface area contributed by atoms with Crippen LogP contribution in [0.2, 0.25) is 0 Å². The second-order valence-corrected chi connectivity index (χ2v) is 8.69. The fourth-order valence-electron chi connectivity index (χ4n) is 2.02. The Bertz CT molecular complexity index is 690. The molecule has 5 nitrogen and oxygen atoms in total. The number of nitrogens with zero attached hydrogens (tertiary/aromatic N) is 1. The molecule has 0 aliphatic heterocycles. The summed E-state index contributed by atoms with van der Waals surface area (Å²) >= 11 is 2.92. The molecule has 1 fully saturated rings. The number of aromatic nitrogens is 1. The minimum absolute atomic E-state index is 0.320. The largest absolute Gasteiger partial charge is 0.309 e. The van der Waals surface area contributed by atoms with Crippen LogP contribution in [0.5, 0.6) is 0 Å². The number of hydrogen-bond donors (Lipinski definition) is 2. The van der Waals surface area contributed by atoms with Gasteiger partial charge < -0.3 is 5.32 Å². The second kappa shape index (κ2) is 6.13. The zero-order valence-corrected chi connectivity index (χ0v) is 14.0. The molecule has 2 N–H and O–H groups in total. The van der Waals surface area contributed by atoms with E-state index in [1.165, 1.54) is 35.5 Å². The Morgan fingerprint density at radius 1 is 1.38 bits per heavy atom. The molecule has 0 spiro atoms. The molecule has 2 aromatic heterocycles. The maximum absolute atomic E-state index is 12.5. The second-order valence-electron chi connectivity index (χ2n) is 5.08. The van der Waals surface area contributed by atoms with Crippen LogP contribution in [0.25, 0.3) is 0 Å². The first-order chi connectivity index (χ1) is 10.1. The predicted molar refractivity (Wildman–Crippen MR) is 85.0 cm³/mol. The van der Waals surface area contributed by atoms with Gasteiger partial charge in [-0.1, -0.05) is 0 Å². The zero-order valence-electron chi connectivity index (χ0n) is 11.6. The van der Waals surface area contributed by atoms with Gasteiger partial charge in [-0.25, -0.2) is 18.1 Å². The Balaban J connectivity index is 1.73. The van der Waals surface area contributed by atoms with Crippen LogP contribution in [0.15, 0.2) is 27.9 Å². The maximum atomic E-state index is 12.5. The van der Waals surface area contributed by atoms with Crippen LogP contribution in [-0.2, 0) is 16.6 Å². The lowest BCUT2D eigenvalue weighted by molar-refractivity contribution is 0.564. The highest BCUT2D eigenvalue weighted by Crippen LogP contribution is 2.26. The highest BCUT2D eigenvalue weighted by molar-refractivity contribution is 7.89. The van der Waals surface area contributed by atoms with Crippen LogP contribution in [0.3, 0.4) is 0 Å².